The van der Waals surface area contributed by atoms with Crippen LogP contribution in [0.1, 0.15) is 13.3 Å². The zero-order valence-corrected chi connectivity index (χ0v) is 14.0. The van der Waals surface area contributed by atoms with E-state index in [0.29, 0.717) is 6.42 Å². The molecule has 0 spiro atoms. The number of fused-ring (bicyclic) bond motifs is 1. The topological polar surface area (TPSA) is 151 Å². The van der Waals surface area contributed by atoms with E-state index < -0.39 is 21.7 Å². The zero-order chi connectivity index (χ0) is 17.9. The lowest BCUT2D eigenvalue weighted by molar-refractivity contribution is 0.187. The number of hydrogen-bond donors (Lipinski definition) is 2. The second kappa shape index (κ2) is 6.97. The summed E-state index contributed by atoms with van der Waals surface area (Å²) in [6.07, 6.45) is 1.59. The highest BCUT2D eigenvalue weighted by Crippen LogP contribution is 2.13. The van der Waals surface area contributed by atoms with Gasteiger partial charge in [-0.25, -0.2) is 27.6 Å². The van der Waals surface area contributed by atoms with Crippen molar-refractivity contribution in [2.24, 2.45) is 5.73 Å². The number of anilines is 1. The lowest BCUT2D eigenvalue weighted by Gasteiger charge is -2.06. The zero-order valence-electron chi connectivity index (χ0n) is 13.2. The predicted octanol–water partition coefficient (Wildman–Crippen LogP) is -0.682. The molecule has 0 fully saturated rings. The molecule has 11 nitrogen and oxygen atoms in total. The fourth-order valence-electron chi connectivity index (χ4n) is 2.14. The number of sulfonamides is 1. The van der Waals surface area contributed by atoms with Gasteiger partial charge in [0.2, 0.25) is 16.0 Å². The molecule has 0 bridgehead atoms. The van der Waals surface area contributed by atoms with Gasteiger partial charge in [0.25, 0.3) is 0 Å². The number of nitrogens with one attached hydrogen (secondary N) is 1. The highest BCUT2D eigenvalue weighted by Gasteiger charge is 2.20. The number of nitrogens with zero attached hydrogens (tertiary/aromatic N) is 4. The Hall–Kier alpha value is -2.47. The Morgan fingerprint density at radius 2 is 2.17 bits per heavy atom. The molecule has 132 valence electrons. The number of imidazole rings is 1. The summed E-state index contributed by atoms with van der Waals surface area (Å²) in [5.41, 5.74) is 4.69. The van der Waals surface area contributed by atoms with Gasteiger partial charge < -0.3 is 10.5 Å². The largest absolute Gasteiger partial charge is 0.383 e. The number of aromatic nitrogens is 4. The monoisotopic (exact) mass is 358 g/mol. The number of methoxy groups -OCH3 is 1. The normalized spacial score (nSPS) is 11.8. The minimum absolute atomic E-state index is 0.0834. The highest BCUT2D eigenvalue weighted by atomic mass is 32.2. The van der Waals surface area contributed by atoms with E-state index in [9.17, 15) is 18.0 Å². The Labute approximate surface area is 137 Å². The molecule has 0 unspecified atom stereocenters. The molecule has 0 aliphatic heterocycles. The standard InChI is InChI=1S/C12H18N6O5S/c1-3-6-24(21,22)16-11-14-7-8-9(15-11)17(4-5-23-2)12(20)18(8)10(13)19/h7H,3-6H2,1-2H3,(H2,13,19)(H,14,15,16). The van der Waals surface area contributed by atoms with Gasteiger partial charge in [-0.15, -0.1) is 0 Å². The molecular weight excluding hydrogens is 340 g/mol. The summed E-state index contributed by atoms with van der Waals surface area (Å²) in [7, 11) is -2.13. The molecule has 0 atom stereocenters. The van der Waals surface area contributed by atoms with Gasteiger partial charge in [0, 0.05) is 7.11 Å². The minimum atomic E-state index is -3.59. The van der Waals surface area contributed by atoms with Gasteiger partial charge in [0.05, 0.1) is 25.1 Å². The first kappa shape index (κ1) is 17.9. The first-order valence-corrected chi connectivity index (χ1v) is 8.73. The molecule has 0 aliphatic carbocycles. The van der Waals surface area contributed by atoms with E-state index in [1.165, 1.54) is 17.9 Å². The molecule has 24 heavy (non-hydrogen) atoms. The number of rotatable bonds is 7. The fourth-order valence-corrected chi connectivity index (χ4v) is 3.16. The van der Waals surface area contributed by atoms with Crippen LogP contribution in [-0.2, 0) is 21.3 Å². The summed E-state index contributed by atoms with van der Waals surface area (Å²) in [4.78, 5) is 31.7. The van der Waals surface area contributed by atoms with Gasteiger partial charge in [-0.1, -0.05) is 6.92 Å². The van der Waals surface area contributed by atoms with Gasteiger partial charge >= 0.3 is 11.7 Å². The summed E-state index contributed by atoms with van der Waals surface area (Å²) < 4.78 is 32.7. The first-order chi connectivity index (χ1) is 11.3. The molecule has 0 aliphatic rings. The number of amides is 1. The van der Waals surface area contributed by atoms with E-state index in [4.69, 9.17) is 10.5 Å². The maximum absolute atomic E-state index is 12.3. The smallest absolute Gasteiger partial charge is 0.338 e. The van der Waals surface area contributed by atoms with Crippen molar-refractivity contribution < 1.29 is 17.9 Å². The van der Waals surface area contributed by atoms with Crippen LogP contribution in [0.5, 0.6) is 0 Å². The fraction of sp³-hybridized carbons (Fsp3) is 0.500. The van der Waals surface area contributed by atoms with Gasteiger partial charge in [-0.05, 0) is 6.42 Å². The Bertz CT molecular complexity index is 916. The van der Waals surface area contributed by atoms with Crippen LogP contribution in [0.25, 0.3) is 11.2 Å². The van der Waals surface area contributed by atoms with Crippen molar-refractivity contribution in [1.82, 2.24) is 19.1 Å². The summed E-state index contributed by atoms with van der Waals surface area (Å²) in [5.74, 6) is -0.281. The number of ether oxygens (including phenoxy) is 1. The van der Waals surface area contributed by atoms with Crippen LogP contribution in [-0.4, -0.2) is 53.0 Å². The molecule has 2 aromatic rings. The Kier molecular flexibility index (Phi) is 5.19. The van der Waals surface area contributed by atoms with Crippen LogP contribution in [0.4, 0.5) is 10.7 Å². The maximum Gasteiger partial charge on any atom is 0.338 e. The predicted molar refractivity (Wildman–Crippen MR) is 86.3 cm³/mol. The van der Waals surface area contributed by atoms with E-state index in [-0.39, 0.29) is 36.0 Å². The van der Waals surface area contributed by atoms with Gasteiger partial charge in [-0.2, -0.15) is 4.98 Å². The molecule has 2 heterocycles. The molecule has 2 aromatic heterocycles. The maximum atomic E-state index is 12.3. The third kappa shape index (κ3) is 3.54. The summed E-state index contributed by atoms with van der Waals surface area (Å²) in [6.45, 7) is 2.03. The Morgan fingerprint density at radius 1 is 1.46 bits per heavy atom. The second-order valence-electron chi connectivity index (χ2n) is 4.92. The van der Waals surface area contributed by atoms with Crippen molar-refractivity contribution in [1.29, 1.82) is 0 Å². The van der Waals surface area contributed by atoms with E-state index in [2.05, 4.69) is 14.7 Å². The molecule has 3 N–H and O–H groups in total. The van der Waals surface area contributed by atoms with Gasteiger partial charge in [-0.3, -0.25) is 9.29 Å². The quantitative estimate of drug-likeness (QED) is 0.665. The second-order valence-corrected chi connectivity index (χ2v) is 6.77. The number of hydrogen-bond acceptors (Lipinski definition) is 7. The molecular formula is C12H18N6O5S. The molecule has 0 saturated carbocycles. The third-order valence-corrected chi connectivity index (χ3v) is 4.57. The lowest BCUT2D eigenvalue weighted by Crippen LogP contribution is -2.33. The van der Waals surface area contributed by atoms with Gasteiger partial charge in [0.15, 0.2) is 5.65 Å². The molecule has 0 aromatic carbocycles. The van der Waals surface area contributed by atoms with E-state index in [0.717, 1.165) is 4.57 Å². The summed E-state index contributed by atoms with van der Waals surface area (Å²) >= 11 is 0. The van der Waals surface area contributed by atoms with Crippen molar-refractivity contribution >= 4 is 33.2 Å². The lowest BCUT2D eigenvalue weighted by atomic mass is 10.5. The third-order valence-electron chi connectivity index (χ3n) is 3.13. The first-order valence-electron chi connectivity index (χ1n) is 7.08. The summed E-state index contributed by atoms with van der Waals surface area (Å²) in [6, 6.07) is -0.982. The van der Waals surface area contributed by atoms with Crippen LogP contribution >= 0.6 is 0 Å². The van der Waals surface area contributed by atoms with Crippen LogP contribution < -0.4 is 16.1 Å². The number of nitrogens with two attached hydrogens (primary N) is 1. The average molecular weight is 358 g/mol. The van der Waals surface area contributed by atoms with Crippen LogP contribution in [0.3, 0.4) is 0 Å². The van der Waals surface area contributed by atoms with E-state index in [1.807, 2.05) is 0 Å². The summed E-state index contributed by atoms with van der Waals surface area (Å²) in [5, 5.41) is 0. The number of carbonyl (C=O) groups is 1. The molecule has 1 amide bonds. The van der Waals surface area contributed by atoms with E-state index >= 15 is 0 Å². The van der Waals surface area contributed by atoms with Crippen LogP contribution in [0, 0.1) is 0 Å². The number of carbonyl (C=O) groups excluding carboxylic acids is 1. The van der Waals surface area contributed by atoms with E-state index in [1.54, 1.807) is 6.92 Å². The minimum Gasteiger partial charge on any atom is -0.383 e. The van der Waals surface area contributed by atoms with Crippen molar-refractivity contribution in [2.45, 2.75) is 19.9 Å². The highest BCUT2D eigenvalue weighted by molar-refractivity contribution is 7.92. The van der Waals surface area contributed by atoms with Crippen LogP contribution in [0.15, 0.2) is 11.0 Å². The Morgan fingerprint density at radius 3 is 2.75 bits per heavy atom. The van der Waals surface area contributed by atoms with Crippen molar-refractivity contribution in [3.8, 4) is 0 Å². The van der Waals surface area contributed by atoms with Gasteiger partial charge in [0.1, 0.15) is 5.52 Å². The SMILES string of the molecule is CCCS(=O)(=O)Nc1ncc2c(n1)n(CCOC)c(=O)n2C(N)=O. The molecule has 0 radical (unpaired) electrons. The molecule has 12 heteroatoms. The number of primary amides is 1. The Balaban J connectivity index is 2.58. The van der Waals surface area contributed by atoms with Crippen molar-refractivity contribution in [3.63, 3.8) is 0 Å². The molecule has 2 rings (SSSR count). The average Bonchev–Trinajstić information content (AvgIpc) is 2.76. The van der Waals surface area contributed by atoms with Crippen LogP contribution in [0.2, 0.25) is 0 Å². The van der Waals surface area contributed by atoms with Crippen molar-refractivity contribution in [3.05, 3.63) is 16.7 Å². The van der Waals surface area contributed by atoms with Crippen molar-refractivity contribution in [2.75, 3.05) is 24.2 Å². The molecule has 0 saturated heterocycles.